The Kier molecular flexibility index (Phi) is 4.71. The molecule has 0 aliphatic heterocycles. The van der Waals surface area contributed by atoms with E-state index in [4.69, 9.17) is 16.1 Å². The van der Waals surface area contributed by atoms with Gasteiger partial charge in [0.2, 0.25) is 0 Å². The maximum absolute atomic E-state index is 5.99. The molecule has 0 saturated heterocycles. The van der Waals surface area contributed by atoms with E-state index in [2.05, 4.69) is 25.8 Å². The van der Waals surface area contributed by atoms with E-state index < -0.39 is 0 Å². The van der Waals surface area contributed by atoms with Crippen LogP contribution in [0.3, 0.4) is 0 Å². The van der Waals surface area contributed by atoms with E-state index in [0.29, 0.717) is 24.1 Å². The Bertz CT molecular complexity index is 862. The summed E-state index contributed by atoms with van der Waals surface area (Å²) in [6.45, 7) is 4.97. The van der Waals surface area contributed by atoms with E-state index >= 15 is 0 Å². The Morgan fingerprint density at radius 2 is 2.04 bits per heavy atom. The molecule has 0 radical (unpaired) electrons. The number of aromatic nitrogens is 3. The van der Waals surface area contributed by atoms with Crippen molar-refractivity contribution in [3.8, 4) is 0 Å². The lowest BCUT2D eigenvalue weighted by Gasteiger charge is -2.10. The van der Waals surface area contributed by atoms with Gasteiger partial charge >= 0.3 is 0 Å². The number of fused-ring (bicyclic) bond motifs is 1. The van der Waals surface area contributed by atoms with Crippen molar-refractivity contribution in [3.63, 3.8) is 0 Å². The van der Waals surface area contributed by atoms with E-state index in [9.17, 15) is 0 Å². The van der Waals surface area contributed by atoms with E-state index in [-0.39, 0.29) is 0 Å². The number of nitrogens with one attached hydrogen (secondary N) is 2. The van der Waals surface area contributed by atoms with Gasteiger partial charge in [-0.1, -0.05) is 16.8 Å². The standard InChI is InChI=1S/C16H19ClN6O/c1-10-14(11(2)24-22-10)7-20-16(18-3)19-6-13-9-23-8-12(17)4-5-15(23)21-13/h4-5,8-9H,6-7H2,1-3H3,(H2,18,19,20). The van der Waals surface area contributed by atoms with Crippen LogP contribution in [0.25, 0.3) is 5.65 Å². The van der Waals surface area contributed by atoms with Gasteiger partial charge in [0, 0.05) is 31.5 Å². The summed E-state index contributed by atoms with van der Waals surface area (Å²) in [5.41, 5.74) is 3.68. The minimum absolute atomic E-state index is 0.556. The first-order valence-electron chi connectivity index (χ1n) is 7.56. The molecule has 3 aromatic heterocycles. The van der Waals surface area contributed by atoms with Crippen molar-refractivity contribution in [2.24, 2.45) is 4.99 Å². The summed E-state index contributed by atoms with van der Waals surface area (Å²) in [5, 5.41) is 11.1. The van der Waals surface area contributed by atoms with Crippen molar-refractivity contribution in [2.75, 3.05) is 7.05 Å². The van der Waals surface area contributed by atoms with Crippen molar-refractivity contribution >= 4 is 23.2 Å². The van der Waals surface area contributed by atoms with Gasteiger partial charge in [0.1, 0.15) is 11.4 Å². The van der Waals surface area contributed by atoms with Gasteiger partial charge in [0.05, 0.1) is 23.0 Å². The number of hydrogen-bond donors (Lipinski definition) is 2. The first-order valence-corrected chi connectivity index (χ1v) is 7.94. The van der Waals surface area contributed by atoms with Crippen molar-refractivity contribution in [2.45, 2.75) is 26.9 Å². The zero-order valence-electron chi connectivity index (χ0n) is 13.8. The SMILES string of the molecule is CN=C(NCc1cn2cc(Cl)ccc2n1)NCc1c(C)noc1C. The Labute approximate surface area is 144 Å². The van der Waals surface area contributed by atoms with Crippen LogP contribution in [-0.4, -0.2) is 27.5 Å². The lowest BCUT2D eigenvalue weighted by Crippen LogP contribution is -2.36. The normalized spacial score (nSPS) is 11.9. The van der Waals surface area contributed by atoms with Gasteiger partial charge in [-0.25, -0.2) is 4.98 Å². The molecule has 0 unspecified atom stereocenters. The van der Waals surface area contributed by atoms with Gasteiger partial charge in [-0.3, -0.25) is 4.99 Å². The zero-order chi connectivity index (χ0) is 17.1. The van der Waals surface area contributed by atoms with Gasteiger partial charge in [-0.2, -0.15) is 0 Å². The molecule has 8 heteroatoms. The minimum atomic E-state index is 0.556. The molecule has 0 aromatic carbocycles. The number of aliphatic imine (C=N–C) groups is 1. The van der Waals surface area contributed by atoms with Crippen LogP contribution in [0.1, 0.15) is 22.7 Å². The molecule has 0 spiro atoms. The van der Waals surface area contributed by atoms with Crippen molar-refractivity contribution < 1.29 is 4.52 Å². The first kappa shape index (κ1) is 16.3. The summed E-state index contributed by atoms with van der Waals surface area (Å²) in [4.78, 5) is 8.75. The average Bonchev–Trinajstić information content (AvgIpc) is 3.11. The molecule has 3 aromatic rings. The Morgan fingerprint density at radius 3 is 2.75 bits per heavy atom. The van der Waals surface area contributed by atoms with Crippen molar-refractivity contribution in [1.82, 2.24) is 25.2 Å². The fourth-order valence-electron chi connectivity index (χ4n) is 2.42. The predicted molar refractivity (Wildman–Crippen MR) is 93.2 cm³/mol. The highest BCUT2D eigenvalue weighted by atomic mass is 35.5. The monoisotopic (exact) mass is 346 g/mol. The Balaban J connectivity index is 1.61. The predicted octanol–water partition coefficient (Wildman–Crippen LogP) is 2.46. The fourth-order valence-corrected chi connectivity index (χ4v) is 2.59. The van der Waals surface area contributed by atoms with Crippen molar-refractivity contribution in [3.05, 3.63) is 52.3 Å². The molecule has 0 aliphatic rings. The molecule has 0 bridgehead atoms. The number of nitrogens with zero attached hydrogens (tertiary/aromatic N) is 4. The molecule has 0 amide bonds. The fraction of sp³-hybridized carbons (Fsp3) is 0.312. The molecule has 0 saturated carbocycles. The topological polar surface area (TPSA) is 79.8 Å². The van der Waals surface area contributed by atoms with Crippen LogP contribution in [-0.2, 0) is 13.1 Å². The second-order valence-corrected chi connectivity index (χ2v) is 5.86. The largest absolute Gasteiger partial charge is 0.361 e. The summed E-state index contributed by atoms with van der Waals surface area (Å²) in [5.74, 6) is 1.50. The van der Waals surface area contributed by atoms with Gasteiger partial charge in [0.25, 0.3) is 0 Å². The summed E-state index contributed by atoms with van der Waals surface area (Å²) in [7, 11) is 1.73. The molecule has 3 rings (SSSR count). The molecular weight excluding hydrogens is 328 g/mol. The van der Waals surface area contributed by atoms with Crippen LogP contribution < -0.4 is 10.6 Å². The van der Waals surface area contributed by atoms with Crippen LogP contribution in [0.15, 0.2) is 34.0 Å². The van der Waals surface area contributed by atoms with Gasteiger partial charge in [-0.05, 0) is 26.0 Å². The maximum Gasteiger partial charge on any atom is 0.191 e. The van der Waals surface area contributed by atoms with E-state index in [0.717, 1.165) is 28.4 Å². The van der Waals surface area contributed by atoms with Gasteiger partial charge in [-0.15, -0.1) is 0 Å². The van der Waals surface area contributed by atoms with Crippen LogP contribution >= 0.6 is 11.6 Å². The Morgan fingerprint density at radius 1 is 1.25 bits per heavy atom. The molecular formula is C16H19ClN6O. The minimum Gasteiger partial charge on any atom is -0.361 e. The van der Waals surface area contributed by atoms with Crippen LogP contribution in [0.5, 0.6) is 0 Å². The molecule has 0 atom stereocenters. The highest BCUT2D eigenvalue weighted by molar-refractivity contribution is 6.30. The number of rotatable bonds is 4. The molecule has 3 heterocycles. The van der Waals surface area contributed by atoms with Crippen LogP contribution in [0.4, 0.5) is 0 Å². The lowest BCUT2D eigenvalue weighted by atomic mass is 10.2. The average molecular weight is 347 g/mol. The summed E-state index contributed by atoms with van der Waals surface area (Å²) in [6, 6.07) is 3.71. The smallest absolute Gasteiger partial charge is 0.191 e. The number of imidazole rings is 1. The second-order valence-electron chi connectivity index (χ2n) is 5.43. The van der Waals surface area contributed by atoms with E-state index in [1.807, 2.05) is 42.8 Å². The van der Waals surface area contributed by atoms with Crippen LogP contribution in [0, 0.1) is 13.8 Å². The van der Waals surface area contributed by atoms with Crippen LogP contribution in [0.2, 0.25) is 5.02 Å². The molecule has 2 N–H and O–H groups in total. The third kappa shape index (κ3) is 3.51. The highest BCUT2D eigenvalue weighted by Gasteiger charge is 2.09. The molecule has 0 aliphatic carbocycles. The quantitative estimate of drug-likeness (QED) is 0.560. The Hall–Kier alpha value is -2.54. The summed E-state index contributed by atoms with van der Waals surface area (Å²) < 4.78 is 7.06. The highest BCUT2D eigenvalue weighted by Crippen LogP contribution is 2.12. The zero-order valence-corrected chi connectivity index (χ0v) is 14.6. The molecule has 126 valence electrons. The molecule has 0 fully saturated rings. The third-order valence-electron chi connectivity index (χ3n) is 3.74. The number of hydrogen-bond acceptors (Lipinski definition) is 4. The van der Waals surface area contributed by atoms with Crippen molar-refractivity contribution in [1.29, 1.82) is 0 Å². The number of aryl methyl sites for hydroxylation is 2. The number of pyridine rings is 1. The molecule has 7 nitrogen and oxygen atoms in total. The second kappa shape index (κ2) is 6.92. The number of halogens is 1. The number of guanidine groups is 1. The lowest BCUT2D eigenvalue weighted by molar-refractivity contribution is 0.392. The third-order valence-corrected chi connectivity index (χ3v) is 3.96. The summed E-state index contributed by atoms with van der Waals surface area (Å²) >= 11 is 5.99. The van der Waals surface area contributed by atoms with E-state index in [1.165, 1.54) is 0 Å². The van der Waals surface area contributed by atoms with Gasteiger partial charge in [0.15, 0.2) is 5.96 Å². The molecule has 24 heavy (non-hydrogen) atoms. The van der Waals surface area contributed by atoms with E-state index in [1.54, 1.807) is 7.05 Å². The first-order chi connectivity index (χ1) is 11.6. The maximum atomic E-state index is 5.99. The summed E-state index contributed by atoms with van der Waals surface area (Å²) in [6.07, 6.45) is 3.77. The van der Waals surface area contributed by atoms with Gasteiger partial charge < -0.3 is 19.6 Å².